The highest BCUT2D eigenvalue weighted by molar-refractivity contribution is 6.31. The van der Waals surface area contributed by atoms with Gasteiger partial charge in [-0.2, -0.15) is 5.26 Å². The van der Waals surface area contributed by atoms with Gasteiger partial charge in [-0.05, 0) is 36.2 Å². The molecule has 0 fully saturated rings. The van der Waals surface area contributed by atoms with Gasteiger partial charge in [0.2, 0.25) is 0 Å². The van der Waals surface area contributed by atoms with Crippen LogP contribution in [0.3, 0.4) is 0 Å². The molecule has 0 spiro atoms. The molecule has 3 nitrogen and oxygen atoms in total. The Kier molecular flexibility index (Phi) is 4.48. The first kappa shape index (κ1) is 13.5. The van der Waals surface area contributed by atoms with E-state index in [1.165, 1.54) is 5.56 Å². The molecule has 0 radical (unpaired) electrons. The Bertz CT molecular complexity index is 596. The zero-order valence-electron chi connectivity index (χ0n) is 10.9. The molecular weight excluding hydrogens is 258 g/mol. The van der Waals surface area contributed by atoms with Crippen LogP contribution in [0, 0.1) is 11.3 Å². The van der Waals surface area contributed by atoms with E-state index in [1.54, 1.807) is 12.1 Å². The number of nitrogens with zero attached hydrogens (tertiary/aromatic N) is 2. The number of nitrogens with one attached hydrogen (secondary N) is 1. The van der Waals surface area contributed by atoms with Crippen molar-refractivity contribution in [1.82, 2.24) is 4.57 Å². The Hall–Kier alpha value is -1.92. The van der Waals surface area contributed by atoms with Crippen LogP contribution >= 0.6 is 11.6 Å². The first-order valence-electron chi connectivity index (χ1n) is 6.31. The Morgan fingerprint density at radius 2 is 2.21 bits per heavy atom. The molecule has 0 aliphatic rings. The maximum Gasteiger partial charge on any atom is 0.101 e. The standard InChI is InChI=1S/C15H16ClN3/c1-2-6-19-7-5-12(11-19)10-18-14-3-4-15(16)13(8-14)9-17/h3-5,7-8,11,18H,2,6,10H2,1H3. The number of aromatic nitrogens is 1. The van der Waals surface area contributed by atoms with Crippen molar-refractivity contribution in [2.75, 3.05) is 5.32 Å². The molecule has 1 aromatic carbocycles. The summed E-state index contributed by atoms with van der Waals surface area (Å²) in [4.78, 5) is 0. The lowest BCUT2D eigenvalue weighted by Gasteiger charge is -2.06. The van der Waals surface area contributed by atoms with E-state index in [1.807, 2.05) is 6.07 Å². The summed E-state index contributed by atoms with van der Waals surface area (Å²) in [5, 5.41) is 12.7. The van der Waals surface area contributed by atoms with Crippen LogP contribution in [0.4, 0.5) is 5.69 Å². The fourth-order valence-corrected chi connectivity index (χ4v) is 2.08. The minimum atomic E-state index is 0.488. The van der Waals surface area contributed by atoms with Crippen molar-refractivity contribution in [3.63, 3.8) is 0 Å². The summed E-state index contributed by atoms with van der Waals surface area (Å²) < 4.78 is 2.18. The number of halogens is 1. The van der Waals surface area contributed by atoms with Crippen LogP contribution in [0.2, 0.25) is 5.02 Å². The van der Waals surface area contributed by atoms with Crippen molar-refractivity contribution in [2.24, 2.45) is 0 Å². The predicted molar refractivity (Wildman–Crippen MR) is 78.2 cm³/mol. The lowest BCUT2D eigenvalue weighted by Crippen LogP contribution is -1.99. The molecule has 0 amide bonds. The van der Waals surface area contributed by atoms with Crippen molar-refractivity contribution in [3.05, 3.63) is 52.8 Å². The van der Waals surface area contributed by atoms with Crippen molar-refractivity contribution < 1.29 is 0 Å². The van der Waals surface area contributed by atoms with E-state index in [0.29, 0.717) is 10.6 Å². The largest absolute Gasteiger partial charge is 0.381 e. The van der Waals surface area contributed by atoms with E-state index < -0.39 is 0 Å². The number of anilines is 1. The van der Waals surface area contributed by atoms with Gasteiger partial charge >= 0.3 is 0 Å². The third-order valence-electron chi connectivity index (χ3n) is 2.88. The van der Waals surface area contributed by atoms with Crippen molar-refractivity contribution in [2.45, 2.75) is 26.4 Å². The predicted octanol–water partition coefficient (Wildman–Crippen LogP) is 4.04. The van der Waals surface area contributed by atoms with Gasteiger partial charge in [0.15, 0.2) is 0 Å². The molecule has 2 aromatic rings. The van der Waals surface area contributed by atoms with Crippen molar-refractivity contribution >= 4 is 17.3 Å². The SMILES string of the molecule is CCCn1ccc(CNc2ccc(Cl)c(C#N)c2)c1. The summed E-state index contributed by atoms with van der Waals surface area (Å²) in [5.74, 6) is 0. The molecule has 0 saturated carbocycles. The number of rotatable bonds is 5. The molecule has 1 N–H and O–H groups in total. The van der Waals surface area contributed by atoms with Gasteiger partial charge in [-0.3, -0.25) is 0 Å². The Balaban J connectivity index is 2.00. The highest BCUT2D eigenvalue weighted by atomic mass is 35.5. The molecule has 1 aromatic heterocycles. The number of hydrogen-bond acceptors (Lipinski definition) is 2. The van der Waals surface area contributed by atoms with Gasteiger partial charge in [0.1, 0.15) is 6.07 Å². The van der Waals surface area contributed by atoms with E-state index in [4.69, 9.17) is 16.9 Å². The third-order valence-corrected chi connectivity index (χ3v) is 3.21. The Morgan fingerprint density at radius 3 is 2.95 bits per heavy atom. The van der Waals surface area contributed by atoms with Crippen LogP contribution in [-0.2, 0) is 13.1 Å². The van der Waals surface area contributed by atoms with Gasteiger partial charge in [0.05, 0.1) is 10.6 Å². The molecule has 2 rings (SSSR count). The van der Waals surface area contributed by atoms with E-state index in [9.17, 15) is 0 Å². The molecule has 19 heavy (non-hydrogen) atoms. The van der Waals surface area contributed by atoms with Gasteiger partial charge in [0.25, 0.3) is 0 Å². The highest BCUT2D eigenvalue weighted by Crippen LogP contribution is 2.20. The van der Waals surface area contributed by atoms with E-state index in [2.05, 4.69) is 41.3 Å². The molecule has 98 valence electrons. The van der Waals surface area contributed by atoms with Crippen LogP contribution in [-0.4, -0.2) is 4.57 Å². The summed E-state index contributed by atoms with van der Waals surface area (Å²) in [6.07, 6.45) is 5.35. The van der Waals surface area contributed by atoms with Crippen molar-refractivity contribution in [3.8, 4) is 6.07 Å². The fourth-order valence-electron chi connectivity index (χ4n) is 1.92. The zero-order valence-corrected chi connectivity index (χ0v) is 11.6. The minimum Gasteiger partial charge on any atom is -0.381 e. The highest BCUT2D eigenvalue weighted by Gasteiger charge is 2.02. The number of benzene rings is 1. The number of aryl methyl sites for hydroxylation is 1. The third kappa shape index (κ3) is 3.52. The van der Waals surface area contributed by atoms with Crippen LogP contribution in [0.15, 0.2) is 36.7 Å². The maximum absolute atomic E-state index is 8.92. The zero-order chi connectivity index (χ0) is 13.7. The van der Waals surface area contributed by atoms with Gasteiger partial charge in [0, 0.05) is 31.2 Å². The second-order valence-corrected chi connectivity index (χ2v) is 4.82. The van der Waals surface area contributed by atoms with E-state index in [-0.39, 0.29) is 0 Å². The van der Waals surface area contributed by atoms with Gasteiger partial charge < -0.3 is 9.88 Å². The Morgan fingerprint density at radius 1 is 1.37 bits per heavy atom. The first-order chi connectivity index (χ1) is 9.22. The van der Waals surface area contributed by atoms with Crippen LogP contribution < -0.4 is 5.32 Å². The smallest absolute Gasteiger partial charge is 0.101 e. The van der Waals surface area contributed by atoms with E-state index in [0.717, 1.165) is 25.2 Å². The van der Waals surface area contributed by atoms with E-state index >= 15 is 0 Å². The summed E-state index contributed by atoms with van der Waals surface area (Å²) in [6, 6.07) is 9.57. The molecule has 0 bridgehead atoms. The molecule has 4 heteroatoms. The van der Waals surface area contributed by atoms with Gasteiger partial charge in [-0.1, -0.05) is 18.5 Å². The average Bonchev–Trinajstić information content (AvgIpc) is 2.86. The molecule has 0 atom stereocenters. The molecular formula is C15H16ClN3. The second kappa shape index (κ2) is 6.31. The summed E-state index contributed by atoms with van der Waals surface area (Å²) in [7, 11) is 0. The van der Waals surface area contributed by atoms with Crippen molar-refractivity contribution in [1.29, 1.82) is 5.26 Å². The number of nitriles is 1. The lowest BCUT2D eigenvalue weighted by atomic mass is 10.2. The monoisotopic (exact) mass is 273 g/mol. The quantitative estimate of drug-likeness (QED) is 0.893. The molecule has 0 aliphatic heterocycles. The summed E-state index contributed by atoms with van der Waals surface area (Å²) >= 11 is 5.90. The van der Waals surface area contributed by atoms with Gasteiger partial charge in [-0.25, -0.2) is 0 Å². The molecule has 1 heterocycles. The summed E-state index contributed by atoms with van der Waals surface area (Å²) in [5.41, 5.74) is 2.63. The first-order valence-corrected chi connectivity index (χ1v) is 6.69. The summed E-state index contributed by atoms with van der Waals surface area (Å²) in [6.45, 7) is 3.94. The van der Waals surface area contributed by atoms with Crippen LogP contribution in [0.5, 0.6) is 0 Å². The normalized spacial score (nSPS) is 10.2. The topological polar surface area (TPSA) is 40.8 Å². The van der Waals surface area contributed by atoms with Crippen LogP contribution in [0.1, 0.15) is 24.5 Å². The van der Waals surface area contributed by atoms with Crippen LogP contribution in [0.25, 0.3) is 0 Å². The fraction of sp³-hybridized carbons (Fsp3) is 0.267. The van der Waals surface area contributed by atoms with Gasteiger partial charge in [-0.15, -0.1) is 0 Å². The minimum absolute atomic E-state index is 0.488. The molecule has 0 saturated heterocycles. The Labute approximate surface area is 118 Å². The molecule has 0 aliphatic carbocycles. The number of hydrogen-bond donors (Lipinski definition) is 1. The maximum atomic E-state index is 8.92. The second-order valence-electron chi connectivity index (χ2n) is 4.42. The average molecular weight is 274 g/mol. The molecule has 0 unspecified atom stereocenters. The lowest BCUT2D eigenvalue weighted by molar-refractivity contribution is 0.682.